The number of hydrogen-bond acceptors (Lipinski definition) is 5. The van der Waals surface area contributed by atoms with Gasteiger partial charge in [-0.05, 0) is 13.5 Å². The number of nitrogens with zero attached hydrogens (tertiary/aromatic N) is 1. The molecule has 0 aromatic rings. The van der Waals surface area contributed by atoms with Crippen molar-refractivity contribution >= 4 is 10.0 Å². The fourth-order valence-corrected chi connectivity index (χ4v) is 2.96. The second kappa shape index (κ2) is 9.69. The summed E-state index contributed by atoms with van der Waals surface area (Å²) in [6, 6.07) is 0. The van der Waals surface area contributed by atoms with E-state index in [0.717, 1.165) is 6.54 Å². The molecule has 0 rings (SSSR count). The van der Waals surface area contributed by atoms with Gasteiger partial charge in [-0.3, -0.25) is 0 Å². The predicted octanol–water partition coefficient (Wildman–Crippen LogP) is -0.0910. The van der Waals surface area contributed by atoms with Crippen LogP contribution in [0.1, 0.15) is 13.8 Å². The topological polar surface area (TPSA) is 67.9 Å². The maximum atomic E-state index is 12.3. The zero-order chi connectivity index (χ0) is 14.0. The van der Waals surface area contributed by atoms with Gasteiger partial charge in [0.1, 0.15) is 0 Å². The van der Waals surface area contributed by atoms with Crippen molar-refractivity contribution < 1.29 is 17.9 Å². The zero-order valence-corrected chi connectivity index (χ0v) is 12.6. The maximum Gasteiger partial charge on any atom is 0.218 e. The summed E-state index contributed by atoms with van der Waals surface area (Å²) in [5, 5.41) is 2.60. The first-order valence-corrected chi connectivity index (χ1v) is 7.68. The highest BCUT2D eigenvalue weighted by Crippen LogP contribution is 2.08. The molecule has 0 heterocycles. The Labute approximate surface area is 111 Å². The molecule has 0 saturated carbocycles. The van der Waals surface area contributed by atoms with Crippen LogP contribution in [0, 0.1) is 0 Å². The summed E-state index contributed by atoms with van der Waals surface area (Å²) in [5.74, 6) is 0. The number of sulfonamides is 1. The normalized spacial score (nSPS) is 14.1. The summed E-state index contributed by atoms with van der Waals surface area (Å²) in [4.78, 5) is 0. The van der Waals surface area contributed by atoms with E-state index in [9.17, 15) is 8.42 Å². The zero-order valence-electron chi connectivity index (χ0n) is 11.8. The number of nitrogens with one attached hydrogen (secondary N) is 1. The maximum absolute atomic E-state index is 12.3. The highest BCUT2D eigenvalue weighted by molar-refractivity contribution is 7.89. The number of methoxy groups -OCH3 is 2. The molecule has 0 fully saturated rings. The highest BCUT2D eigenvalue weighted by Gasteiger charge is 2.27. The van der Waals surface area contributed by atoms with Gasteiger partial charge in [-0.15, -0.1) is 0 Å². The largest absolute Gasteiger partial charge is 0.383 e. The summed E-state index contributed by atoms with van der Waals surface area (Å²) in [7, 11) is -0.190. The Morgan fingerprint density at radius 3 is 2.06 bits per heavy atom. The fraction of sp³-hybridized carbons (Fsp3) is 1.00. The molecule has 0 aromatic heterocycles. The molecule has 1 atom stereocenters. The lowest BCUT2D eigenvalue weighted by atomic mass is 10.5. The summed E-state index contributed by atoms with van der Waals surface area (Å²) < 4.78 is 36.0. The summed E-state index contributed by atoms with van der Waals surface area (Å²) >= 11 is 0. The summed E-state index contributed by atoms with van der Waals surface area (Å²) in [6.07, 6.45) is 0. The van der Waals surface area contributed by atoms with Crippen LogP contribution >= 0.6 is 0 Å². The van der Waals surface area contributed by atoms with E-state index in [1.54, 1.807) is 21.1 Å². The first-order chi connectivity index (χ1) is 8.50. The van der Waals surface area contributed by atoms with Gasteiger partial charge in [0.15, 0.2) is 0 Å². The van der Waals surface area contributed by atoms with Gasteiger partial charge < -0.3 is 14.8 Å². The Morgan fingerprint density at radius 1 is 1.17 bits per heavy atom. The molecular formula is C11H26N2O4S. The molecule has 110 valence electrons. The van der Waals surface area contributed by atoms with Crippen molar-refractivity contribution in [2.24, 2.45) is 0 Å². The molecule has 1 N–H and O–H groups in total. The number of hydrogen-bond donors (Lipinski definition) is 1. The van der Waals surface area contributed by atoms with Crippen LogP contribution in [0.4, 0.5) is 0 Å². The smallest absolute Gasteiger partial charge is 0.218 e. The molecule has 7 heteroatoms. The standard InChI is InChI=1S/C11H26N2O4S/c1-5-12-10-11(2)18(14,15)13(6-8-16-3)7-9-17-4/h11-12H,5-10H2,1-4H3. The van der Waals surface area contributed by atoms with Crippen LogP contribution < -0.4 is 5.32 Å². The van der Waals surface area contributed by atoms with Crippen molar-refractivity contribution in [2.45, 2.75) is 19.1 Å². The molecule has 18 heavy (non-hydrogen) atoms. The Balaban J connectivity index is 4.60. The van der Waals surface area contributed by atoms with E-state index in [0.29, 0.717) is 32.8 Å². The van der Waals surface area contributed by atoms with Crippen LogP contribution in [0.5, 0.6) is 0 Å². The minimum Gasteiger partial charge on any atom is -0.383 e. The lowest BCUT2D eigenvalue weighted by Crippen LogP contribution is -2.44. The lowest BCUT2D eigenvalue weighted by molar-refractivity contribution is 0.150. The first-order valence-electron chi connectivity index (χ1n) is 6.18. The molecule has 0 bridgehead atoms. The third-order valence-electron chi connectivity index (χ3n) is 2.64. The second-order valence-corrected chi connectivity index (χ2v) is 6.40. The molecule has 0 spiro atoms. The van der Waals surface area contributed by atoms with Crippen LogP contribution in [0.15, 0.2) is 0 Å². The Kier molecular flexibility index (Phi) is 9.57. The van der Waals surface area contributed by atoms with E-state index in [1.807, 2.05) is 6.92 Å². The third-order valence-corrected chi connectivity index (χ3v) is 4.91. The van der Waals surface area contributed by atoms with E-state index < -0.39 is 15.3 Å². The Bertz CT molecular complexity index is 287. The average molecular weight is 282 g/mol. The average Bonchev–Trinajstić information content (AvgIpc) is 2.35. The van der Waals surface area contributed by atoms with Crippen LogP contribution in [0.2, 0.25) is 0 Å². The van der Waals surface area contributed by atoms with Crippen LogP contribution in [0.25, 0.3) is 0 Å². The molecule has 6 nitrogen and oxygen atoms in total. The second-order valence-electron chi connectivity index (χ2n) is 4.05. The molecule has 0 saturated heterocycles. The Hall–Kier alpha value is -0.210. The van der Waals surface area contributed by atoms with Crippen molar-refractivity contribution in [3.8, 4) is 0 Å². The van der Waals surface area contributed by atoms with Crippen LogP contribution in [-0.2, 0) is 19.5 Å². The highest BCUT2D eigenvalue weighted by atomic mass is 32.2. The molecule has 0 aliphatic rings. The molecule has 1 unspecified atom stereocenters. The van der Waals surface area contributed by atoms with Crippen LogP contribution in [0.3, 0.4) is 0 Å². The van der Waals surface area contributed by atoms with E-state index in [1.165, 1.54) is 4.31 Å². The fourth-order valence-electron chi connectivity index (χ4n) is 1.46. The Morgan fingerprint density at radius 2 is 1.67 bits per heavy atom. The van der Waals surface area contributed by atoms with E-state index in [-0.39, 0.29) is 0 Å². The quantitative estimate of drug-likeness (QED) is 0.573. The van der Waals surface area contributed by atoms with Gasteiger partial charge >= 0.3 is 0 Å². The van der Waals surface area contributed by atoms with Gasteiger partial charge in [0, 0.05) is 33.9 Å². The van der Waals surface area contributed by atoms with Crippen molar-refractivity contribution in [3.05, 3.63) is 0 Å². The monoisotopic (exact) mass is 282 g/mol. The molecule has 0 aliphatic heterocycles. The molecule has 0 amide bonds. The molecule has 0 aromatic carbocycles. The minimum absolute atomic E-state index is 0.360. The third kappa shape index (κ3) is 6.10. The molecule has 0 radical (unpaired) electrons. The number of ether oxygens (including phenoxy) is 2. The minimum atomic E-state index is -3.31. The van der Waals surface area contributed by atoms with Crippen molar-refractivity contribution in [1.82, 2.24) is 9.62 Å². The van der Waals surface area contributed by atoms with Crippen molar-refractivity contribution in [3.63, 3.8) is 0 Å². The number of rotatable bonds is 11. The van der Waals surface area contributed by atoms with Crippen LogP contribution in [-0.4, -0.2) is 71.6 Å². The van der Waals surface area contributed by atoms with Gasteiger partial charge in [-0.2, -0.15) is 4.31 Å². The van der Waals surface area contributed by atoms with E-state index >= 15 is 0 Å². The van der Waals surface area contributed by atoms with Gasteiger partial charge in [-0.25, -0.2) is 8.42 Å². The van der Waals surface area contributed by atoms with Gasteiger partial charge in [0.2, 0.25) is 10.0 Å². The van der Waals surface area contributed by atoms with Crippen molar-refractivity contribution in [2.75, 3.05) is 53.6 Å². The van der Waals surface area contributed by atoms with Gasteiger partial charge in [0.05, 0.1) is 18.5 Å². The summed E-state index contributed by atoms with van der Waals surface area (Å²) in [6.45, 7) is 6.37. The van der Waals surface area contributed by atoms with E-state index in [2.05, 4.69) is 5.32 Å². The van der Waals surface area contributed by atoms with Gasteiger partial charge in [-0.1, -0.05) is 6.92 Å². The lowest BCUT2D eigenvalue weighted by Gasteiger charge is -2.25. The van der Waals surface area contributed by atoms with E-state index in [4.69, 9.17) is 9.47 Å². The van der Waals surface area contributed by atoms with Gasteiger partial charge in [0.25, 0.3) is 0 Å². The predicted molar refractivity (Wildman–Crippen MR) is 72.3 cm³/mol. The SMILES string of the molecule is CCNCC(C)S(=O)(=O)N(CCOC)CCOC. The molecule has 0 aliphatic carbocycles. The summed E-state index contributed by atoms with van der Waals surface area (Å²) in [5.41, 5.74) is 0. The first kappa shape index (κ1) is 17.8. The van der Waals surface area contributed by atoms with Crippen molar-refractivity contribution in [1.29, 1.82) is 0 Å². The molecular weight excluding hydrogens is 256 g/mol.